The van der Waals surface area contributed by atoms with Crippen molar-refractivity contribution in [3.63, 3.8) is 0 Å². The van der Waals surface area contributed by atoms with E-state index in [4.69, 9.17) is 21.6 Å². The van der Waals surface area contributed by atoms with Gasteiger partial charge in [0, 0.05) is 24.2 Å². The zero-order valence-corrected chi connectivity index (χ0v) is 18.3. The lowest BCUT2D eigenvalue weighted by atomic mass is 9.98. The van der Waals surface area contributed by atoms with Gasteiger partial charge in [0.15, 0.2) is 5.65 Å². The topological polar surface area (TPSA) is 67.7 Å². The number of imidazole rings is 1. The quantitative estimate of drug-likeness (QED) is 0.437. The van der Waals surface area contributed by atoms with Crippen LogP contribution >= 0.6 is 11.6 Å². The number of piperidine rings is 1. The Bertz CT molecular complexity index is 1230. The predicted molar refractivity (Wildman–Crippen MR) is 125 cm³/mol. The molecular formula is C24H24ClFN6. The van der Waals surface area contributed by atoms with Crippen molar-refractivity contribution >= 4 is 28.7 Å². The summed E-state index contributed by atoms with van der Waals surface area (Å²) in [7, 11) is 0. The second-order valence-corrected chi connectivity index (χ2v) is 8.47. The zero-order chi connectivity index (χ0) is 21.9. The van der Waals surface area contributed by atoms with E-state index in [1.807, 2.05) is 30.3 Å². The van der Waals surface area contributed by atoms with E-state index >= 15 is 0 Å². The van der Waals surface area contributed by atoms with Crippen LogP contribution in [0, 0.1) is 11.7 Å². The highest BCUT2D eigenvalue weighted by Gasteiger charge is 2.21. The second-order valence-electron chi connectivity index (χ2n) is 8.07. The maximum atomic E-state index is 14.0. The van der Waals surface area contributed by atoms with Crippen molar-refractivity contribution in [3.8, 4) is 11.4 Å². The van der Waals surface area contributed by atoms with Gasteiger partial charge in [-0.2, -0.15) is 4.98 Å². The van der Waals surface area contributed by atoms with Crippen LogP contribution in [0.4, 0.5) is 10.3 Å². The average molecular weight is 451 g/mol. The molecule has 0 amide bonds. The Morgan fingerprint density at radius 1 is 1.06 bits per heavy atom. The highest BCUT2D eigenvalue weighted by atomic mass is 35.5. The Hall–Kier alpha value is -3.03. The van der Waals surface area contributed by atoms with E-state index in [1.54, 1.807) is 18.3 Å². The molecule has 0 bridgehead atoms. The minimum Gasteiger partial charge on any atom is -0.350 e. The molecule has 164 valence electrons. The van der Waals surface area contributed by atoms with E-state index < -0.39 is 0 Å². The molecule has 0 saturated carbocycles. The van der Waals surface area contributed by atoms with Crippen molar-refractivity contribution in [2.24, 2.45) is 5.92 Å². The Labute approximate surface area is 190 Å². The summed E-state index contributed by atoms with van der Waals surface area (Å²) in [4.78, 5) is 14.0. The van der Waals surface area contributed by atoms with Crippen molar-refractivity contribution < 1.29 is 4.39 Å². The molecule has 1 aliphatic rings. The molecule has 4 aromatic rings. The smallest absolute Gasteiger partial charge is 0.225 e. The van der Waals surface area contributed by atoms with E-state index in [0.29, 0.717) is 34.5 Å². The van der Waals surface area contributed by atoms with Crippen LogP contribution < -0.4 is 10.6 Å². The van der Waals surface area contributed by atoms with E-state index in [9.17, 15) is 4.39 Å². The van der Waals surface area contributed by atoms with Gasteiger partial charge in [0.05, 0.1) is 11.2 Å². The van der Waals surface area contributed by atoms with Crippen molar-refractivity contribution in [2.75, 3.05) is 18.4 Å². The van der Waals surface area contributed by atoms with Crippen molar-refractivity contribution in [1.29, 1.82) is 0 Å². The minimum absolute atomic E-state index is 0.252. The van der Waals surface area contributed by atoms with Gasteiger partial charge in [-0.1, -0.05) is 41.9 Å². The third kappa shape index (κ3) is 4.31. The summed E-state index contributed by atoms with van der Waals surface area (Å²) >= 11 is 6.52. The van der Waals surface area contributed by atoms with E-state index in [1.165, 1.54) is 6.07 Å². The Morgan fingerprint density at radius 2 is 1.84 bits per heavy atom. The normalized spacial score (nSPS) is 14.7. The Kier molecular flexibility index (Phi) is 6.01. The number of hydrogen-bond donors (Lipinski definition) is 2. The summed E-state index contributed by atoms with van der Waals surface area (Å²) in [5.74, 6) is 1.51. The SMILES string of the molecule is Fc1ccccc1CNc1ncc2nc(-c3ccccc3Cl)n(CC3CCNCC3)c2n1. The van der Waals surface area contributed by atoms with Crippen molar-refractivity contribution in [1.82, 2.24) is 24.8 Å². The van der Waals surface area contributed by atoms with Gasteiger partial charge in [0.2, 0.25) is 5.95 Å². The van der Waals surface area contributed by atoms with Gasteiger partial charge < -0.3 is 15.2 Å². The number of halogens is 2. The molecule has 2 aromatic carbocycles. The van der Waals surface area contributed by atoms with Crippen LogP contribution in [-0.2, 0) is 13.1 Å². The Balaban J connectivity index is 1.52. The first-order chi connectivity index (χ1) is 15.7. The second kappa shape index (κ2) is 9.22. The third-order valence-electron chi connectivity index (χ3n) is 5.90. The number of aromatic nitrogens is 4. The number of benzene rings is 2. The van der Waals surface area contributed by atoms with Crippen LogP contribution in [0.25, 0.3) is 22.6 Å². The average Bonchev–Trinajstić information content (AvgIpc) is 3.17. The first-order valence-corrected chi connectivity index (χ1v) is 11.2. The molecule has 0 radical (unpaired) electrons. The summed E-state index contributed by atoms with van der Waals surface area (Å²) in [6, 6.07) is 14.4. The highest BCUT2D eigenvalue weighted by Crippen LogP contribution is 2.31. The molecule has 2 aromatic heterocycles. The van der Waals surface area contributed by atoms with Crippen LogP contribution in [-0.4, -0.2) is 32.6 Å². The molecule has 1 aliphatic heterocycles. The summed E-state index contributed by atoms with van der Waals surface area (Å²) < 4.78 is 16.1. The molecule has 5 rings (SSSR count). The molecule has 0 atom stereocenters. The zero-order valence-electron chi connectivity index (χ0n) is 17.6. The number of fused-ring (bicyclic) bond motifs is 1. The summed E-state index contributed by atoms with van der Waals surface area (Å²) in [6.07, 6.45) is 3.92. The standard InChI is InChI=1S/C24H24ClFN6/c25-19-7-3-2-6-18(19)22-30-21-14-29-24(28-13-17-5-1-4-8-20(17)26)31-23(21)32(22)15-16-9-11-27-12-10-16/h1-8,14,16,27H,9-13,15H2,(H,28,29,31). The van der Waals surface area contributed by atoms with Crippen LogP contribution in [0.2, 0.25) is 5.02 Å². The number of anilines is 1. The Morgan fingerprint density at radius 3 is 2.66 bits per heavy atom. The molecule has 0 unspecified atom stereocenters. The molecule has 1 saturated heterocycles. The van der Waals surface area contributed by atoms with Gasteiger partial charge in [-0.15, -0.1) is 0 Å². The van der Waals surface area contributed by atoms with Gasteiger partial charge >= 0.3 is 0 Å². The third-order valence-corrected chi connectivity index (χ3v) is 6.23. The predicted octanol–water partition coefficient (Wildman–Crippen LogP) is 4.90. The number of nitrogens with one attached hydrogen (secondary N) is 2. The molecule has 1 fully saturated rings. The minimum atomic E-state index is -0.252. The first-order valence-electron chi connectivity index (χ1n) is 10.8. The van der Waals surface area contributed by atoms with Crippen LogP contribution in [0.5, 0.6) is 0 Å². The fourth-order valence-electron chi connectivity index (χ4n) is 4.16. The van der Waals surface area contributed by atoms with E-state index in [-0.39, 0.29) is 5.82 Å². The van der Waals surface area contributed by atoms with Gasteiger partial charge in [-0.3, -0.25) is 0 Å². The first kappa shape index (κ1) is 20.8. The lowest BCUT2D eigenvalue weighted by Gasteiger charge is -2.24. The fraction of sp³-hybridized carbons (Fsp3) is 0.292. The number of rotatable bonds is 6. The van der Waals surface area contributed by atoms with Gasteiger partial charge in [-0.25, -0.2) is 14.4 Å². The molecule has 8 heteroatoms. The van der Waals surface area contributed by atoms with Crippen LogP contribution in [0.3, 0.4) is 0 Å². The van der Waals surface area contributed by atoms with E-state index in [0.717, 1.165) is 49.5 Å². The van der Waals surface area contributed by atoms with Crippen LogP contribution in [0.15, 0.2) is 54.7 Å². The van der Waals surface area contributed by atoms with Gasteiger partial charge in [-0.05, 0) is 50.0 Å². The lowest BCUT2D eigenvalue weighted by molar-refractivity contribution is 0.337. The monoisotopic (exact) mass is 450 g/mol. The molecule has 6 nitrogen and oxygen atoms in total. The summed E-state index contributed by atoms with van der Waals surface area (Å²) in [5.41, 5.74) is 2.91. The summed E-state index contributed by atoms with van der Waals surface area (Å²) in [6.45, 7) is 3.15. The van der Waals surface area contributed by atoms with Crippen molar-refractivity contribution in [2.45, 2.75) is 25.9 Å². The maximum Gasteiger partial charge on any atom is 0.225 e. The summed E-state index contributed by atoms with van der Waals surface area (Å²) in [5, 5.41) is 7.22. The molecular weight excluding hydrogens is 427 g/mol. The molecule has 0 aliphatic carbocycles. The molecule has 2 N–H and O–H groups in total. The largest absolute Gasteiger partial charge is 0.350 e. The van der Waals surface area contributed by atoms with Gasteiger partial charge in [0.25, 0.3) is 0 Å². The molecule has 3 heterocycles. The fourth-order valence-corrected chi connectivity index (χ4v) is 4.38. The van der Waals surface area contributed by atoms with Gasteiger partial charge in [0.1, 0.15) is 17.2 Å². The lowest BCUT2D eigenvalue weighted by Crippen LogP contribution is -2.30. The van der Waals surface area contributed by atoms with Crippen molar-refractivity contribution in [3.05, 3.63) is 71.1 Å². The molecule has 0 spiro atoms. The van der Waals surface area contributed by atoms with Crippen LogP contribution in [0.1, 0.15) is 18.4 Å². The highest BCUT2D eigenvalue weighted by molar-refractivity contribution is 6.33. The number of hydrogen-bond acceptors (Lipinski definition) is 5. The molecule has 32 heavy (non-hydrogen) atoms. The maximum absolute atomic E-state index is 14.0. The van der Waals surface area contributed by atoms with E-state index in [2.05, 4.69) is 20.2 Å². The number of nitrogens with zero attached hydrogens (tertiary/aromatic N) is 4.